The van der Waals surface area contributed by atoms with Gasteiger partial charge in [0.1, 0.15) is 0 Å². The summed E-state index contributed by atoms with van der Waals surface area (Å²) in [4.78, 5) is 12.8. The molecule has 64 valence electrons. The van der Waals surface area contributed by atoms with Crippen molar-refractivity contribution in [3.63, 3.8) is 0 Å². The third kappa shape index (κ3) is 2.19. The number of carbonyl (C=O) groups is 1. The standard InChI is InChI=1S/C8H16N2O/c1-3-4-9-7-5-8(11)10(2)6-7/h7,9H,3-6H2,1-2H3. The number of nitrogens with zero attached hydrogens (tertiary/aromatic N) is 1. The van der Waals surface area contributed by atoms with Crippen molar-refractivity contribution in [2.45, 2.75) is 25.8 Å². The maximum atomic E-state index is 11.0. The summed E-state index contributed by atoms with van der Waals surface area (Å²) < 4.78 is 0. The first-order valence-corrected chi connectivity index (χ1v) is 4.21. The van der Waals surface area contributed by atoms with E-state index >= 15 is 0 Å². The molecule has 0 bridgehead atoms. The van der Waals surface area contributed by atoms with Gasteiger partial charge in [0.05, 0.1) is 0 Å². The van der Waals surface area contributed by atoms with Crippen LogP contribution < -0.4 is 5.32 Å². The van der Waals surface area contributed by atoms with Crippen molar-refractivity contribution in [1.82, 2.24) is 10.2 Å². The Balaban J connectivity index is 2.24. The molecule has 0 aliphatic carbocycles. The summed E-state index contributed by atoms with van der Waals surface area (Å²) in [5, 5.41) is 3.33. The molecule has 0 saturated carbocycles. The third-order valence-electron chi connectivity index (χ3n) is 2.02. The molecule has 0 aromatic heterocycles. The summed E-state index contributed by atoms with van der Waals surface area (Å²) in [7, 11) is 1.86. The van der Waals surface area contributed by atoms with Crippen LogP contribution in [0.25, 0.3) is 0 Å². The molecular weight excluding hydrogens is 140 g/mol. The van der Waals surface area contributed by atoms with Crippen LogP contribution in [-0.2, 0) is 4.79 Å². The van der Waals surface area contributed by atoms with E-state index in [2.05, 4.69) is 12.2 Å². The van der Waals surface area contributed by atoms with E-state index in [1.165, 1.54) is 0 Å². The van der Waals surface area contributed by atoms with Crippen LogP contribution in [0.1, 0.15) is 19.8 Å². The second-order valence-electron chi connectivity index (χ2n) is 3.13. The molecular formula is C8H16N2O. The summed E-state index contributed by atoms with van der Waals surface area (Å²) in [6.45, 7) is 4.03. The summed E-state index contributed by atoms with van der Waals surface area (Å²) in [6, 6.07) is 0.396. The fourth-order valence-electron chi connectivity index (χ4n) is 1.35. The van der Waals surface area contributed by atoms with Gasteiger partial charge in [-0.1, -0.05) is 6.92 Å². The van der Waals surface area contributed by atoms with Crippen molar-refractivity contribution in [2.24, 2.45) is 0 Å². The number of nitrogens with one attached hydrogen (secondary N) is 1. The quantitative estimate of drug-likeness (QED) is 0.634. The number of carbonyl (C=O) groups excluding carboxylic acids is 1. The Kier molecular flexibility index (Phi) is 2.88. The number of likely N-dealkylation sites (tertiary alicyclic amines) is 1. The highest BCUT2D eigenvalue weighted by Crippen LogP contribution is 2.07. The topological polar surface area (TPSA) is 32.3 Å². The monoisotopic (exact) mass is 156 g/mol. The van der Waals surface area contributed by atoms with Gasteiger partial charge in [0, 0.05) is 26.1 Å². The zero-order valence-corrected chi connectivity index (χ0v) is 7.26. The molecule has 11 heavy (non-hydrogen) atoms. The zero-order valence-electron chi connectivity index (χ0n) is 7.26. The van der Waals surface area contributed by atoms with E-state index in [-0.39, 0.29) is 5.91 Å². The maximum absolute atomic E-state index is 11.0. The van der Waals surface area contributed by atoms with E-state index in [1.54, 1.807) is 4.90 Å². The largest absolute Gasteiger partial charge is 0.344 e. The minimum absolute atomic E-state index is 0.263. The van der Waals surface area contributed by atoms with Crippen molar-refractivity contribution in [2.75, 3.05) is 20.1 Å². The van der Waals surface area contributed by atoms with Crippen molar-refractivity contribution in [3.8, 4) is 0 Å². The SMILES string of the molecule is CCCNC1CC(=O)N(C)C1. The number of hydrogen-bond donors (Lipinski definition) is 1. The molecule has 3 nitrogen and oxygen atoms in total. The highest BCUT2D eigenvalue weighted by Gasteiger charge is 2.25. The Morgan fingerprint density at radius 1 is 1.73 bits per heavy atom. The minimum Gasteiger partial charge on any atom is -0.344 e. The average molecular weight is 156 g/mol. The molecule has 0 aromatic carbocycles. The number of rotatable bonds is 3. The van der Waals surface area contributed by atoms with Crippen LogP contribution in [0.3, 0.4) is 0 Å². The Morgan fingerprint density at radius 2 is 2.45 bits per heavy atom. The molecule has 1 aliphatic rings. The molecule has 1 amide bonds. The van der Waals surface area contributed by atoms with Gasteiger partial charge >= 0.3 is 0 Å². The van der Waals surface area contributed by atoms with E-state index in [9.17, 15) is 4.79 Å². The molecule has 1 rings (SSSR count). The lowest BCUT2D eigenvalue weighted by molar-refractivity contribution is -0.126. The fourth-order valence-corrected chi connectivity index (χ4v) is 1.35. The first-order valence-electron chi connectivity index (χ1n) is 4.21. The molecule has 1 aliphatic heterocycles. The number of amides is 1. The van der Waals surface area contributed by atoms with Gasteiger partial charge in [-0.25, -0.2) is 0 Å². The molecule has 0 radical (unpaired) electrons. The lowest BCUT2D eigenvalue weighted by Gasteiger charge is -2.10. The molecule has 1 saturated heterocycles. The van der Waals surface area contributed by atoms with Crippen molar-refractivity contribution >= 4 is 5.91 Å². The Labute approximate surface area is 67.8 Å². The molecule has 1 heterocycles. The van der Waals surface area contributed by atoms with Gasteiger partial charge in [-0.05, 0) is 13.0 Å². The van der Waals surface area contributed by atoms with Gasteiger partial charge in [0.25, 0.3) is 0 Å². The highest BCUT2D eigenvalue weighted by atomic mass is 16.2. The van der Waals surface area contributed by atoms with E-state index in [0.29, 0.717) is 12.5 Å². The second-order valence-corrected chi connectivity index (χ2v) is 3.13. The zero-order chi connectivity index (χ0) is 8.27. The van der Waals surface area contributed by atoms with E-state index in [1.807, 2.05) is 7.05 Å². The summed E-state index contributed by atoms with van der Waals surface area (Å²) in [5.41, 5.74) is 0. The maximum Gasteiger partial charge on any atom is 0.224 e. The highest BCUT2D eigenvalue weighted by molar-refractivity contribution is 5.78. The fraction of sp³-hybridized carbons (Fsp3) is 0.875. The van der Waals surface area contributed by atoms with Crippen LogP contribution in [0.15, 0.2) is 0 Å². The smallest absolute Gasteiger partial charge is 0.224 e. The predicted molar refractivity (Wildman–Crippen MR) is 44.3 cm³/mol. The molecule has 1 atom stereocenters. The van der Waals surface area contributed by atoms with Gasteiger partial charge in [-0.3, -0.25) is 4.79 Å². The summed E-state index contributed by atoms with van der Waals surface area (Å²) >= 11 is 0. The van der Waals surface area contributed by atoms with Gasteiger partial charge < -0.3 is 10.2 Å². The lowest BCUT2D eigenvalue weighted by Crippen LogP contribution is -2.31. The van der Waals surface area contributed by atoms with Crippen LogP contribution >= 0.6 is 0 Å². The molecule has 1 N–H and O–H groups in total. The second kappa shape index (κ2) is 3.72. The molecule has 1 fully saturated rings. The number of likely N-dealkylation sites (N-methyl/N-ethyl adjacent to an activating group) is 1. The van der Waals surface area contributed by atoms with Crippen LogP contribution in [0, 0.1) is 0 Å². The van der Waals surface area contributed by atoms with Crippen molar-refractivity contribution < 1.29 is 4.79 Å². The molecule has 0 spiro atoms. The van der Waals surface area contributed by atoms with Crippen molar-refractivity contribution in [3.05, 3.63) is 0 Å². The van der Waals surface area contributed by atoms with E-state index in [4.69, 9.17) is 0 Å². The number of hydrogen-bond acceptors (Lipinski definition) is 2. The first-order chi connectivity index (χ1) is 5.24. The summed E-state index contributed by atoms with van der Waals surface area (Å²) in [6.07, 6.45) is 1.81. The lowest BCUT2D eigenvalue weighted by atomic mass is 10.2. The van der Waals surface area contributed by atoms with E-state index in [0.717, 1.165) is 19.5 Å². The Bertz CT molecular complexity index is 147. The summed E-state index contributed by atoms with van der Waals surface area (Å²) in [5.74, 6) is 0.263. The third-order valence-corrected chi connectivity index (χ3v) is 2.02. The molecule has 1 unspecified atom stereocenters. The van der Waals surface area contributed by atoms with Crippen molar-refractivity contribution in [1.29, 1.82) is 0 Å². The van der Waals surface area contributed by atoms with Crippen LogP contribution in [0.5, 0.6) is 0 Å². The Morgan fingerprint density at radius 3 is 2.91 bits per heavy atom. The van der Waals surface area contributed by atoms with Crippen LogP contribution in [0.4, 0.5) is 0 Å². The van der Waals surface area contributed by atoms with Gasteiger partial charge in [-0.15, -0.1) is 0 Å². The average Bonchev–Trinajstić information content (AvgIpc) is 2.28. The van der Waals surface area contributed by atoms with Gasteiger partial charge in [0.15, 0.2) is 0 Å². The van der Waals surface area contributed by atoms with Gasteiger partial charge in [0.2, 0.25) is 5.91 Å². The Hall–Kier alpha value is -0.570. The predicted octanol–water partition coefficient (Wildman–Crippen LogP) is 0.217. The van der Waals surface area contributed by atoms with Crippen LogP contribution in [-0.4, -0.2) is 37.0 Å². The molecule has 3 heteroatoms. The van der Waals surface area contributed by atoms with Gasteiger partial charge in [-0.2, -0.15) is 0 Å². The molecule has 0 aromatic rings. The van der Waals surface area contributed by atoms with Crippen LogP contribution in [0.2, 0.25) is 0 Å². The minimum atomic E-state index is 0.263. The first kappa shape index (κ1) is 8.53. The van der Waals surface area contributed by atoms with E-state index < -0.39 is 0 Å². The normalized spacial score (nSPS) is 24.7.